The van der Waals surface area contributed by atoms with Gasteiger partial charge in [-0.15, -0.1) is 0 Å². The molecule has 0 aromatic carbocycles. The molecule has 0 atom stereocenters. The van der Waals surface area contributed by atoms with E-state index in [0.717, 1.165) is 0 Å². The van der Waals surface area contributed by atoms with Crippen molar-refractivity contribution in [3.8, 4) is 5.88 Å². The Morgan fingerprint density at radius 2 is 2.35 bits per heavy atom. The van der Waals surface area contributed by atoms with Crippen LogP contribution in [-0.2, 0) is 9.53 Å². The van der Waals surface area contributed by atoms with Crippen molar-refractivity contribution in [3.05, 3.63) is 24.4 Å². The number of ether oxygens (including phenoxy) is 2. The van der Waals surface area contributed by atoms with Gasteiger partial charge >= 0.3 is 0 Å². The Hall–Kier alpha value is -1.62. The van der Waals surface area contributed by atoms with E-state index in [1.54, 1.807) is 11.1 Å². The van der Waals surface area contributed by atoms with Gasteiger partial charge in [0.05, 0.1) is 13.1 Å². The number of hydrogen-bond donors (Lipinski definition) is 0. The molecule has 0 saturated carbocycles. The fourth-order valence-electron chi connectivity index (χ4n) is 1.58. The summed E-state index contributed by atoms with van der Waals surface area (Å²) in [6, 6.07) is 5.52. The molecule has 0 aliphatic carbocycles. The summed E-state index contributed by atoms with van der Waals surface area (Å²) in [7, 11) is 0. The second kappa shape index (κ2) is 5.63. The second-order valence-corrected chi connectivity index (χ2v) is 3.84. The zero-order valence-corrected chi connectivity index (χ0v) is 9.83. The number of pyridine rings is 1. The van der Waals surface area contributed by atoms with Gasteiger partial charge in [0.15, 0.2) is 0 Å². The zero-order valence-electron chi connectivity index (χ0n) is 9.83. The van der Waals surface area contributed by atoms with E-state index in [0.29, 0.717) is 25.6 Å². The molecule has 0 unspecified atom stereocenters. The maximum Gasteiger partial charge on any atom is 0.248 e. The lowest BCUT2D eigenvalue weighted by Crippen LogP contribution is -2.57. The maximum absolute atomic E-state index is 11.5. The fourth-order valence-corrected chi connectivity index (χ4v) is 1.58. The van der Waals surface area contributed by atoms with E-state index in [-0.39, 0.29) is 18.6 Å². The van der Waals surface area contributed by atoms with Crippen LogP contribution in [0.25, 0.3) is 0 Å². The molecule has 1 aromatic heterocycles. The van der Waals surface area contributed by atoms with Crippen LogP contribution < -0.4 is 4.74 Å². The molecule has 0 radical (unpaired) electrons. The lowest BCUT2D eigenvalue weighted by Gasteiger charge is -2.38. The van der Waals surface area contributed by atoms with Gasteiger partial charge < -0.3 is 14.4 Å². The maximum atomic E-state index is 11.5. The Morgan fingerprint density at radius 1 is 1.53 bits per heavy atom. The van der Waals surface area contributed by atoms with Crippen molar-refractivity contribution in [2.24, 2.45) is 0 Å². The van der Waals surface area contributed by atoms with Crippen LogP contribution in [0.4, 0.5) is 0 Å². The zero-order chi connectivity index (χ0) is 12.1. The Kier molecular flexibility index (Phi) is 3.93. The molecule has 2 heterocycles. The Balaban J connectivity index is 1.70. The first-order chi connectivity index (χ1) is 8.29. The summed E-state index contributed by atoms with van der Waals surface area (Å²) in [6.07, 6.45) is 1.74. The largest absolute Gasteiger partial charge is 0.471 e. The minimum absolute atomic E-state index is 0.0210. The quantitative estimate of drug-likeness (QED) is 0.755. The van der Waals surface area contributed by atoms with Crippen molar-refractivity contribution in [2.45, 2.75) is 13.0 Å². The van der Waals surface area contributed by atoms with Gasteiger partial charge in [-0.05, 0) is 13.0 Å². The van der Waals surface area contributed by atoms with Crippen LogP contribution >= 0.6 is 0 Å². The van der Waals surface area contributed by atoms with Crippen molar-refractivity contribution in [1.82, 2.24) is 9.88 Å². The molecule has 0 bridgehead atoms. The average molecular weight is 236 g/mol. The first-order valence-electron chi connectivity index (χ1n) is 5.73. The minimum atomic E-state index is 0.0210. The van der Waals surface area contributed by atoms with Crippen molar-refractivity contribution in [1.29, 1.82) is 0 Å². The molecule has 1 aliphatic rings. The van der Waals surface area contributed by atoms with Crippen molar-refractivity contribution < 1.29 is 14.3 Å². The third kappa shape index (κ3) is 3.17. The van der Waals surface area contributed by atoms with E-state index in [1.165, 1.54) is 0 Å². The van der Waals surface area contributed by atoms with E-state index in [9.17, 15) is 4.79 Å². The van der Waals surface area contributed by atoms with Gasteiger partial charge in [0, 0.05) is 18.9 Å². The lowest BCUT2D eigenvalue weighted by atomic mass is 10.1. The van der Waals surface area contributed by atoms with Gasteiger partial charge in [0.25, 0.3) is 0 Å². The predicted molar refractivity (Wildman–Crippen MR) is 61.7 cm³/mol. The van der Waals surface area contributed by atoms with E-state index in [4.69, 9.17) is 9.47 Å². The molecule has 1 fully saturated rings. The summed E-state index contributed by atoms with van der Waals surface area (Å²) in [5.41, 5.74) is 0. The van der Waals surface area contributed by atoms with Crippen molar-refractivity contribution in [3.63, 3.8) is 0 Å². The molecule has 5 heteroatoms. The molecule has 17 heavy (non-hydrogen) atoms. The number of hydrogen-bond acceptors (Lipinski definition) is 4. The average Bonchev–Trinajstić information content (AvgIpc) is 2.31. The molecule has 0 N–H and O–H groups in total. The van der Waals surface area contributed by atoms with E-state index < -0.39 is 0 Å². The third-order valence-corrected chi connectivity index (χ3v) is 2.56. The number of aromatic nitrogens is 1. The molecule has 1 aromatic rings. The summed E-state index contributed by atoms with van der Waals surface area (Å²) in [4.78, 5) is 17.3. The molecular weight excluding hydrogens is 220 g/mol. The Labute approximate surface area is 100 Å². The Morgan fingerprint density at radius 3 is 3.00 bits per heavy atom. The topological polar surface area (TPSA) is 51.7 Å². The van der Waals surface area contributed by atoms with E-state index in [1.807, 2.05) is 25.1 Å². The highest BCUT2D eigenvalue weighted by Crippen LogP contribution is 2.15. The van der Waals surface area contributed by atoms with Crippen molar-refractivity contribution in [2.75, 3.05) is 26.3 Å². The molecule has 1 aliphatic heterocycles. The lowest BCUT2D eigenvalue weighted by molar-refractivity contribution is -0.144. The van der Waals surface area contributed by atoms with Crippen LogP contribution in [0.2, 0.25) is 0 Å². The molecule has 1 saturated heterocycles. The van der Waals surface area contributed by atoms with Crippen LogP contribution in [0.1, 0.15) is 6.92 Å². The molecule has 5 nitrogen and oxygen atoms in total. The molecule has 92 valence electrons. The first-order valence-corrected chi connectivity index (χ1v) is 5.73. The molecular formula is C12H16N2O3. The number of nitrogens with zero attached hydrogens (tertiary/aromatic N) is 2. The number of amides is 1. The fraction of sp³-hybridized carbons (Fsp3) is 0.500. The van der Waals surface area contributed by atoms with Gasteiger partial charge in [-0.1, -0.05) is 6.07 Å². The van der Waals surface area contributed by atoms with Crippen LogP contribution in [0, 0.1) is 0 Å². The third-order valence-electron chi connectivity index (χ3n) is 2.56. The van der Waals surface area contributed by atoms with E-state index in [2.05, 4.69) is 4.98 Å². The number of carbonyl (C=O) groups excluding carboxylic acids is 1. The number of likely N-dealkylation sites (tertiary alicyclic amines) is 1. The first kappa shape index (κ1) is 11.9. The normalized spacial score (nSPS) is 15.5. The highest BCUT2D eigenvalue weighted by atomic mass is 16.5. The van der Waals surface area contributed by atoms with Gasteiger partial charge in [0.1, 0.15) is 12.7 Å². The smallest absolute Gasteiger partial charge is 0.248 e. The van der Waals surface area contributed by atoms with Crippen LogP contribution in [-0.4, -0.2) is 48.2 Å². The van der Waals surface area contributed by atoms with Gasteiger partial charge in [0.2, 0.25) is 11.8 Å². The van der Waals surface area contributed by atoms with E-state index >= 15 is 0 Å². The highest BCUT2D eigenvalue weighted by molar-refractivity contribution is 5.78. The number of rotatable bonds is 5. The van der Waals surface area contributed by atoms with Crippen molar-refractivity contribution >= 4 is 5.91 Å². The minimum Gasteiger partial charge on any atom is -0.471 e. The second-order valence-electron chi connectivity index (χ2n) is 3.84. The molecule has 1 amide bonds. The SMILES string of the molecule is CCOCC(=O)N1CC(Oc2ccccn2)C1. The number of carbonyl (C=O) groups is 1. The Bertz CT molecular complexity index is 363. The predicted octanol–water partition coefficient (Wildman–Crippen LogP) is 0.708. The van der Waals surface area contributed by atoms with Crippen LogP contribution in [0.5, 0.6) is 5.88 Å². The van der Waals surface area contributed by atoms with Gasteiger partial charge in [-0.25, -0.2) is 4.98 Å². The summed E-state index contributed by atoms with van der Waals surface area (Å²) >= 11 is 0. The monoisotopic (exact) mass is 236 g/mol. The summed E-state index contributed by atoms with van der Waals surface area (Å²) < 4.78 is 10.7. The standard InChI is InChI=1S/C12H16N2O3/c1-2-16-9-12(15)14-7-10(8-14)17-11-5-3-4-6-13-11/h3-6,10H,2,7-9H2,1H3. The molecule has 0 spiro atoms. The molecule has 2 rings (SSSR count). The summed E-state index contributed by atoms with van der Waals surface area (Å²) in [5.74, 6) is 0.627. The highest BCUT2D eigenvalue weighted by Gasteiger charge is 2.32. The van der Waals surface area contributed by atoms with Gasteiger partial charge in [-0.3, -0.25) is 4.79 Å². The van der Waals surface area contributed by atoms with Gasteiger partial charge in [-0.2, -0.15) is 0 Å². The van der Waals surface area contributed by atoms with Crippen LogP contribution in [0.3, 0.4) is 0 Å². The summed E-state index contributed by atoms with van der Waals surface area (Å²) in [5, 5.41) is 0. The van der Waals surface area contributed by atoms with Crippen LogP contribution in [0.15, 0.2) is 24.4 Å². The summed E-state index contributed by atoms with van der Waals surface area (Å²) in [6.45, 7) is 3.82.